The summed E-state index contributed by atoms with van der Waals surface area (Å²) in [5.74, 6) is 0.753. The van der Waals surface area contributed by atoms with Gasteiger partial charge in [-0.1, -0.05) is 108 Å². The molecule has 0 saturated carbocycles. The molecular formula is C37H37N. The molecule has 1 heteroatoms. The van der Waals surface area contributed by atoms with E-state index in [-0.39, 0.29) is 0 Å². The van der Waals surface area contributed by atoms with Crippen molar-refractivity contribution in [2.75, 3.05) is 4.90 Å². The molecule has 2 aliphatic carbocycles. The third kappa shape index (κ3) is 5.38. The number of hydrogen-bond donors (Lipinski definition) is 0. The number of benzene rings is 4. The molecular weight excluding hydrogens is 458 g/mol. The number of anilines is 2. The topological polar surface area (TPSA) is 3.24 Å². The molecule has 0 heterocycles. The van der Waals surface area contributed by atoms with Crippen molar-refractivity contribution in [3.05, 3.63) is 132 Å². The van der Waals surface area contributed by atoms with Crippen molar-refractivity contribution in [3.8, 4) is 22.3 Å². The smallest absolute Gasteiger partial charge is 0.0413 e. The first-order valence-corrected chi connectivity index (χ1v) is 14.2. The molecule has 0 aliphatic heterocycles. The van der Waals surface area contributed by atoms with Gasteiger partial charge in [0.1, 0.15) is 0 Å². The maximum atomic E-state index is 2.59. The molecule has 0 saturated heterocycles. The van der Waals surface area contributed by atoms with Crippen LogP contribution in [0.15, 0.2) is 132 Å². The lowest BCUT2D eigenvalue weighted by Gasteiger charge is -2.37. The zero-order valence-electron chi connectivity index (χ0n) is 22.4. The molecule has 0 aromatic heterocycles. The van der Waals surface area contributed by atoms with Crippen LogP contribution in [-0.4, -0.2) is 6.04 Å². The predicted octanol–water partition coefficient (Wildman–Crippen LogP) is 10.4. The summed E-state index contributed by atoms with van der Waals surface area (Å²) in [6.45, 7) is 2.28. The second-order valence-electron chi connectivity index (χ2n) is 10.9. The Morgan fingerprint density at radius 3 is 1.50 bits per heavy atom. The molecule has 0 N–H and O–H groups in total. The fourth-order valence-corrected chi connectivity index (χ4v) is 6.21. The Morgan fingerprint density at radius 1 is 0.526 bits per heavy atom. The molecule has 0 amide bonds. The van der Waals surface area contributed by atoms with Gasteiger partial charge in [0.05, 0.1) is 0 Å². The molecule has 0 spiro atoms. The van der Waals surface area contributed by atoms with E-state index in [0.717, 1.165) is 12.3 Å². The molecule has 0 bridgehead atoms. The molecule has 0 radical (unpaired) electrons. The van der Waals surface area contributed by atoms with Gasteiger partial charge in [0.2, 0.25) is 0 Å². The van der Waals surface area contributed by atoms with Crippen LogP contribution in [-0.2, 0) is 0 Å². The minimum Gasteiger partial charge on any atom is -0.338 e. The maximum absolute atomic E-state index is 2.59. The van der Waals surface area contributed by atoms with Gasteiger partial charge in [0, 0.05) is 17.4 Å². The van der Waals surface area contributed by atoms with Crippen LogP contribution in [0, 0.1) is 5.92 Å². The lowest BCUT2D eigenvalue weighted by atomic mass is 9.79. The Balaban J connectivity index is 1.29. The molecule has 1 nitrogen and oxygen atoms in total. The van der Waals surface area contributed by atoms with E-state index in [1.54, 1.807) is 11.1 Å². The Morgan fingerprint density at radius 2 is 1.05 bits per heavy atom. The Kier molecular flexibility index (Phi) is 7.27. The quantitative estimate of drug-likeness (QED) is 0.240. The summed E-state index contributed by atoms with van der Waals surface area (Å²) in [5, 5.41) is 0. The van der Waals surface area contributed by atoms with Crippen molar-refractivity contribution in [3.63, 3.8) is 0 Å². The Bertz CT molecular complexity index is 1310. The largest absolute Gasteiger partial charge is 0.338 e. The van der Waals surface area contributed by atoms with Crippen molar-refractivity contribution in [2.45, 2.75) is 51.5 Å². The number of hydrogen-bond acceptors (Lipinski definition) is 1. The van der Waals surface area contributed by atoms with Gasteiger partial charge in [-0.2, -0.15) is 0 Å². The van der Waals surface area contributed by atoms with Gasteiger partial charge < -0.3 is 4.90 Å². The Labute approximate surface area is 228 Å². The molecule has 2 unspecified atom stereocenters. The molecule has 2 atom stereocenters. The third-order valence-electron chi connectivity index (χ3n) is 8.45. The van der Waals surface area contributed by atoms with Crippen molar-refractivity contribution in [2.24, 2.45) is 5.92 Å². The third-order valence-corrected chi connectivity index (χ3v) is 8.45. The van der Waals surface area contributed by atoms with Gasteiger partial charge in [-0.3, -0.25) is 0 Å². The van der Waals surface area contributed by atoms with Crippen molar-refractivity contribution in [1.29, 1.82) is 0 Å². The fourth-order valence-electron chi connectivity index (χ4n) is 6.21. The molecule has 0 fully saturated rings. The van der Waals surface area contributed by atoms with E-state index in [2.05, 4.69) is 133 Å². The van der Waals surface area contributed by atoms with Crippen molar-refractivity contribution in [1.82, 2.24) is 0 Å². The zero-order chi connectivity index (χ0) is 25.7. The van der Waals surface area contributed by atoms with E-state index in [4.69, 9.17) is 0 Å². The van der Waals surface area contributed by atoms with E-state index in [1.165, 1.54) is 65.7 Å². The fraction of sp³-hybridized carbons (Fsp3) is 0.243. The second-order valence-corrected chi connectivity index (χ2v) is 10.9. The average Bonchev–Trinajstić information content (AvgIpc) is 3.00. The number of allylic oxidation sites excluding steroid dienone is 3. The molecule has 2 aliphatic rings. The number of rotatable bonds is 6. The van der Waals surface area contributed by atoms with Crippen molar-refractivity contribution < 1.29 is 0 Å². The average molecular weight is 496 g/mol. The van der Waals surface area contributed by atoms with Crippen LogP contribution < -0.4 is 4.90 Å². The summed E-state index contributed by atoms with van der Waals surface area (Å²) in [7, 11) is 0. The van der Waals surface area contributed by atoms with Gasteiger partial charge in [-0.15, -0.1) is 0 Å². The summed E-state index contributed by atoms with van der Waals surface area (Å²) in [6, 6.07) is 40.1. The molecule has 190 valence electrons. The summed E-state index contributed by atoms with van der Waals surface area (Å²) in [5.41, 5.74) is 10.9. The normalized spacial score (nSPS) is 19.4. The molecule has 6 rings (SSSR count). The standard InChI is InChI=1S/C37H37N/c1-28-12-14-31(15-13-28)34-20-26-37(27-21-34)38(35-22-16-32(17-23-35)29-8-4-2-5-9-29)36-24-18-33(19-25-36)30-10-6-3-7-11-30/h2-12,16-20,22-25,31,37H,13-15,21,26-27H2,1H3. The molecule has 4 aromatic carbocycles. The van der Waals surface area contributed by atoms with E-state index in [0.29, 0.717) is 6.04 Å². The minimum atomic E-state index is 0.463. The zero-order valence-corrected chi connectivity index (χ0v) is 22.4. The minimum absolute atomic E-state index is 0.463. The first kappa shape index (κ1) is 24.5. The van der Waals surface area contributed by atoms with Gasteiger partial charge >= 0.3 is 0 Å². The van der Waals surface area contributed by atoms with Gasteiger partial charge in [0.25, 0.3) is 0 Å². The van der Waals surface area contributed by atoms with E-state index in [1.807, 2.05) is 0 Å². The summed E-state index contributed by atoms with van der Waals surface area (Å²) in [6.07, 6.45) is 12.4. The monoisotopic (exact) mass is 495 g/mol. The summed E-state index contributed by atoms with van der Waals surface area (Å²) in [4.78, 5) is 2.59. The highest BCUT2D eigenvalue weighted by Gasteiger charge is 2.26. The van der Waals surface area contributed by atoms with Crippen molar-refractivity contribution >= 4 is 11.4 Å². The van der Waals surface area contributed by atoms with Crippen LogP contribution in [0.5, 0.6) is 0 Å². The Hall–Kier alpha value is -3.84. The lowest BCUT2D eigenvalue weighted by molar-refractivity contribution is 0.477. The molecule has 4 aromatic rings. The van der Waals surface area contributed by atoms with Crippen LogP contribution in [0.1, 0.15) is 45.4 Å². The van der Waals surface area contributed by atoms with Crippen LogP contribution in [0.25, 0.3) is 22.3 Å². The van der Waals surface area contributed by atoms with E-state index in [9.17, 15) is 0 Å². The van der Waals surface area contributed by atoms with Gasteiger partial charge in [-0.05, 0) is 97.9 Å². The predicted molar refractivity (Wildman–Crippen MR) is 163 cm³/mol. The first-order chi connectivity index (χ1) is 18.7. The van der Waals surface area contributed by atoms with Crippen LogP contribution in [0.3, 0.4) is 0 Å². The van der Waals surface area contributed by atoms with E-state index < -0.39 is 0 Å². The molecule has 38 heavy (non-hydrogen) atoms. The summed E-state index contributed by atoms with van der Waals surface area (Å²) >= 11 is 0. The maximum Gasteiger partial charge on any atom is 0.0413 e. The highest BCUT2D eigenvalue weighted by Crippen LogP contribution is 2.39. The highest BCUT2D eigenvalue weighted by molar-refractivity contribution is 5.73. The lowest BCUT2D eigenvalue weighted by Crippen LogP contribution is -2.33. The first-order valence-electron chi connectivity index (χ1n) is 14.2. The SMILES string of the molecule is CC1=CCC(C2=CCC(N(c3ccc(-c4ccccc4)cc3)c3ccc(-c4ccccc4)cc3)CC2)CC1. The van der Waals surface area contributed by atoms with Crippen LogP contribution in [0.4, 0.5) is 11.4 Å². The summed E-state index contributed by atoms with van der Waals surface area (Å²) < 4.78 is 0. The second kappa shape index (κ2) is 11.3. The van der Waals surface area contributed by atoms with Gasteiger partial charge in [-0.25, -0.2) is 0 Å². The van der Waals surface area contributed by atoms with Crippen LogP contribution in [0.2, 0.25) is 0 Å². The van der Waals surface area contributed by atoms with Crippen LogP contribution >= 0.6 is 0 Å². The van der Waals surface area contributed by atoms with E-state index >= 15 is 0 Å². The number of nitrogens with zero attached hydrogens (tertiary/aromatic N) is 1. The van der Waals surface area contributed by atoms with Gasteiger partial charge in [0.15, 0.2) is 0 Å². The highest BCUT2D eigenvalue weighted by atomic mass is 15.2.